The summed E-state index contributed by atoms with van der Waals surface area (Å²) in [5.41, 5.74) is 0.355. The van der Waals surface area contributed by atoms with Crippen LogP contribution in [0.5, 0.6) is 0 Å². The maximum atomic E-state index is 11.6. The van der Waals surface area contributed by atoms with Gasteiger partial charge in [0.1, 0.15) is 4.21 Å². The van der Waals surface area contributed by atoms with Gasteiger partial charge in [0.2, 0.25) is 10.0 Å². The van der Waals surface area contributed by atoms with Crippen molar-refractivity contribution in [3.8, 4) is 0 Å². The quantitative estimate of drug-likeness (QED) is 0.845. The van der Waals surface area contributed by atoms with E-state index in [0.717, 1.165) is 11.3 Å². The van der Waals surface area contributed by atoms with E-state index < -0.39 is 10.0 Å². The Balaban J connectivity index is 3.00. The molecule has 0 spiro atoms. The third kappa shape index (κ3) is 2.77. The molecule has 0 saturated carbocycles. The van der Waals surface area contributed by atoms with E-state index in [1.807, 2.05) is 6.92 Å². The highest BCUT2D eigenvalue weighted by molar-refractivity contribution is 7.91. The number of sulfonamides is 1. The van der Waals surface area contributed by atoms with E-state index in [2.05, 4.69) is 0 Å². The van der Waals surface area contributed by atoms with E-state index >= 15 is 0 Å². The fraction of sp³-hybridized carbons (Fsp3) is 0.375. The molecule has 1 rings (SSSR count). The Morgan fingerprint density at radius 1 is 1.60 bits per heavy atom. The van der Waals surface area contributed by atoms with Gasteiger partial charge in [-0.2, -0.15) is 0 Å². The molecule has 0 fully saturated rings. The smallest absolute Gasteiger partial charge is 0.254 e. The molecule has 0 bridgehead atoms. The molecule has 1 aromatic rings. The van der Waals surface area contributed by atoms with Crippen molar-refractivity contribution in [2.45, 2.75) is 11.1 Å². The second-order valence-corrected chi connectivity index (χ2v) is 5.72. The number of nitrogens with two attached hydrogens (primary N) is 1. The number of carbonyl (C=O) groups excluding carboxylic acids is 1. The average molecular weight is 248 g/mol. The lowest BCUT2D eigenvalue weighted by atomic mass is 10.3. The predicted molar refractivity (Wildman–Crippen MR) is 58.3 cm³/mol. The van der Waals surface area contributed by atoms with Crippen LogP contribution < -0.4 is 5.14 Å². The van der Waals surface area contributed by atoms with Gasteiger partial charge in [0.05, 0.1) is 5.56 Å². The van der Waals surface area contributed by atoms with Gasteiger partial charge in [-0.1, -0.05) is 0 Å². The molecule has 1 aromatic heterocycles. The summed E-state index contributed by atoms with van der Waals surface area (Å²) in [6.45, 7) is 2.41. The van der Waals surface area contributed by atoms with Crippen LogP contribution in [0.15, 0.2) is 15.7 Å². The zero-order valence-electron chi connectivity index (χ0n) is 8.43. The van der Waals surface area contributed by atoms with E-state index in [4.69, 9.17) is 5.14 Å². The first-order valence-electron chi connectivity index (χ1n) is 4.23. The molecule has 15 heavy (non-hydrogen) atoms. The Morgan fingerprint density at radius 3 is 2.60 bits per heavy atom. The van der Waals surface area contributed by atoms with Crippen molar-refractivity contribution in [1.29, 1.82) is 0 Å². The molecule has 1 amide bonds. The Kier molecular flexibility index (Phi) is 3.48. The molecule has 84 valence electrons. The van der Waals surface area contributed by atoms with E-state index in [1.165, 1.54) is 16.3 Å². The first-order chi connectivity index (χ1) is 6.86. The van der Waals surface area contributed by atoms with Crippen LogP contribution in [-0.2, 0) is 10.0 Å². The van der Waals surface area contributed by atoms with E-state index in [-0.39, 0.29) is 10.1 Å². The van der Waals surface area contributed by atoms with E-state index in [0.29, 0.717) is 12.1 Å². The number of primary sulfonamides is 1. The highest BCUT2D eigenvalue weighted by Gasteiger charge is 2.16. The van der Waals surface area contributed by atoms with Crippen LogP contribution in [0.4, 0.5) is 0 Å². The largest absolute Gasteiger partial charge is 0.342 e. The van der Waals surface area contributed by atoms with Gasteiger partial charge in [-0.25, -0.2) is 13.6 Å². The van der Waals surface area contributed by atoms with Crippen LogP contribution >= 0.6 is 11.3 Å². The number of nitrogens with zero attached hydrogens (tertiary/aromatic N) is 1. The zero-order chi connectivity index (χ0) is 11.6. The fourth-order valence-electron chi connectivity index (χ4n) is 0.942. The standard InChI is InChI=1S/C8H12N2O3S2/c1-3-10(2)8(11)6-4-7(14-5-6)15(9,12)13/h4-5H,3H2,1-2H3,(H2,9,12,13). The van der Waals surface area contributed by atoms with Crippen molar-refractivity contribution < 1.29 is 13.2 Å². The fourth-order valence-corrected chi connectivity index (χ4v) is 2.52. The summed E-state index contributed by atoms with van der Waals surface area (Å²) < 4.78 is 22.0. The van der Waals surface area contributed by atoms with Gasteiger partial charge >= 0.3 is 0 Å². The molecule has 0 aliphatic carbocycles. The first kappa shape index (κ1) is 12.2. The highest BCUT2D eigenvalue weighted by atomic mass is 32.2. The van der Waals surface area contributed by atoms with E-state index in [9.17, 15) is 13.2 Å². The van der Waals surface area contributed by atoms with Crippen LogP contribution in [0.1, 0.15) is 17.3 Å². The van der Waals surface area contributed by atoms with Gasteiger partial charge in [-0.3, -0.25) is 4.79 Å². The van der Waals surface area contributed by atoms with Crippen LogP contribution in [-0.4, -0.2) is 32.8 Å². The number of thiophene rings is 1. The second kappa shape index (κ2) is 4.30. The SMILES string of the molecule is CCN(C)C(=O)c1csc(S(N)(=O)=O)c1. The molecule has 0 aliphatic rings. The van der Waals surface area contributed by atoms with Gasteiger partial charge in [0.25, 0.3) is 5.91 Å². The van der Waals surface area contributed by atoms with Crippen molar-refractivity contribution in [3.05, 3.63) is 17.0 Å². The Morgan fingerprint density at radius 2 is 2.20 bits per heavy atom. The maximum absolute atomic E-state index is 11.6. The van der Waals surface area contributed by atoms with Crippen molar-refractivity contribution in [1.82, 2.24) is 4.90 Å². The summed E-state index contributed by atoms with van der Waals surface area (Å²) in [5.74, 6) is -0.205. The van der Waals surface area contributed by atoms with Gasteiger partial charge in [-0.15, -0.1) is 11.3 Å². The number of amides is 1. The molecule has 5 nitrogen and oxygen atoms in total. The number of rotatable bonds is 3. The highest BCUT2D eigenvalue weighted by Crippen LogP contribution is 2.19. The summed E-state index contributed by atoms with van der Waals surface area (Å²) in [6.07, 6.45) is 0. The van der Waals surface area contributed by atoms with Crippen LogP contribution in [0.2, 0.25) is 0 Å². The number of hydrogen-bond donors (Lipinski definition) is 1. The van der Waals surface area contributed by atoms with Gasteiger partial charge in [-0.05, 0) is 13.0 Å². The predicted octanol–water partition coefficient (Wildman–Crippen LogP) is 0.487. The average Bonchev–Trinajstić information content (AvgIpc) is 2.63. The Labute approximate surface area is 92.6 Å². The zero-order valence-corrected chi connectivity index (χ0v) is 10.1. The third-order valence-corrected chi connectivity index (χ3v) is 4.31. The summed E-state index contributed by atoms with van der Waals surface area (Å²) in [7, 11) is -2.05. The van der Waals surface area contributed by atoms with Crippen molar-refractivity contribution in [3.63, 3.8) is 0 Å². The van der Waals surface area contributed by atoms with Crippen LogP contribution in [0, 0.1) is 0 Å². The molecular formula is C8H12N2O3S2. The Hall–Kier alpha value is -0.920. The minimum absolute atomic E-state index is 0.00959. The monoisotopic (exact) mass is 248 g/mol. The summed E-state index contributed by atoms with van der Waals surface area (Å²) in [4.78, 5) is 13.1. The molecule has 0 aliphatic heterocycles. The van der Waals surface area contributed by atoms with Crippen molar-refractivity contribution in [2.24, 2.45) is 5.14 Å². The molecule has 0 saturated heterocycles. The summed E-state index contributed by atoms with van der Waals surface area (Å²) in [5, 5.41) is 6.43. The van der Waals surface area contributed by atoms with Gasteiger partial charge in [0.15, 0.2) is 0 Å². The van der Waals surface area contributed by atoms with Crippen LogP contribution in [0.25, 0.3) is 0 Å². The minimum atomic E-state index is -3.70. The summed E-state index contributed by atoms with van der Waals surface area (Å²) in [6, 6.07) is 1.30. The number of hydrogen-bond acceptors (Lipinski definition) is 4. The molecule has 0 aromatic carbocycles. The molecular weight excluding hydrogens is 236 g/mol. The summed E-state index contributed by atoms with van der Waals surface area (Å²) >= 11 is 0.952. The topological polar surface area (TPSA) is 80.5 Å². The van der Waals surface area contributed by atoms with E-state index in [1.54, 1.807) is 7.05 Å². The molecule has 7 heteroatoms. The molecule has 2 N–H and O–H groups in total. The lowest BCUT2D eigenvalue weighted by Gasteiger charge is -2.12. The lowest BCUT2D eigenvalue weighted by Crippen LogP contribution is -2.25. The van der Waals surface area contributed by atoms with Crippen LogP contribution in [0.3, 0.4) is 0 Å². The first-order valence-corrected chi connectivity index (χ1v) is 6.65. The molecule has 0 atom stereocenters. The maximum Gasteiger partial charge on any atom is 0.254 e. The van der Waals surface area contributed by atoms with Crippen molar-refractivity contribution in [2.75, 3.05) is 13.6 Å². The Bertz CT molecular complexity index is 464. The van der Waals surface area contributed by atoms with Crippen molar-refractivity contribution >= 4 is 27.3 Å². The molecule has 0 radical (unpaired) electrons. The minimum Gasteiger partial charge on any atom is -0.342 e. The normalized spacial score (nSPS) is 11.4. The lowest BCUT2D eigenvalue weighted by molar-refractivity contribution is 0.0803. The molecule has 1 heterocycles. The van der Waals surface area contributed by atoms with Gasteiger partial charge in [0, 0.05) is 19.0 Å². The molecule has 0 unspecified atom stereocenters. The van der Waals surface area contributed by atoms with Gasteiger partial charge < -0.3 is 4.90 Å². The second-order valence-electron chi connectivity index (χ2n) is 3.02. The number of carbonyl (C=O) groups is 1. The third-order valence-electron chi connectivity index (χ3n) is 1.92.